The van der Waals surface area contributed by atoms with Crippen LogP contribution in [0.15, 0.2) is 70.6 Å². The zero-order valence-electron chi connectivity index (χ0n) is 18.0. The average Bonchev–Trinajstić information content (AvgIpc) is 3.14. The van der Waals surface area contributed by atoms with Crippen molar-refractivity contribution in [3.05, 3.63) is 90.3 Å². The van der Waals surface area contributed by atoms with Gasteiger partial charge >= 0.3 is 0 Å². The van der Waals surface area contributed by atoms with Crippen LogP contribution in [-0.2, 0) is 11.4 Å². The van der Waals surface area contributed by atoms with E-state index in [1.165, 1.54) is 11.8 Å². The number of aliphatic imine (C=N–C) groups is 1. The Balaban J connectivity index is 1.46. The molecule has 1 N–H and O–H groups in total. The molecular weight excluding hydrogens is 606 g/mol. The summed E-state index contributed by atoms with van der Waals surface area (Å²) in [5.74, 6) is 0.946. The van der Waals surface area contributed by atoms with E-state index in [-0.39, 0.29) is 5.91 Å². The van der Waals surface area contributed by atoms with Gasteiger partial charge in [0.1, 0.15) is 12.4 Å². The second-order valence-corrected chi connectivity index (χ2v) is 10.2. The van der Waals surface area contributed by atoms with Gasteiger partial charge in [0.15, 0.2) is 10.9 Å². The lowest BCUT2D eigenvalue weighted by Crippen LogP contribution is -2.19. The second-order valence-electron chi connectivity index (χ2n) is 7.14. The standard InChI is InChI=1S/C25H19Cl2IN2O3S/c1-2-32-19-9-7-18(8-10-19)29-25-30-24(31)22(34-25)13-16-11-20(26)23(21(27)12-16)33-14-15-3-5-17(28)6-4-15/h3-13H,2,14H2,1H3,(H,29,30,31)/b22-13+. The highest BCUT2D eigenvalue weighted by Gasteiger charge is 2.24. The zero-order chi connectivity index (χ0) is 24.1. The third-order valence-corrected chi connectivity index (χ3v) is 6.83. The van der Waals surface area contributed by atoms with Crippen LogP contribution in [0.2, 0.25) is 10.0 Å². The molecule has 0 atom stereocenters. The minimum absolute atomic E-state index is 0.235. The summed E-state index contributed by atoms with van der Waals surface area (Å²) in [7, 11) is 0. The lowest BCUT2D eigenvalue weighted by atomic mass is 10.2. The Labute approximate surface area is 225 Å². The summed E-state index contributed by atoms with van der Waals surface area (Å²) in [4.78, 5) is 17.4. The van der Waals surface area contributed by atoms with Gasteiger partial charge in [-0.2, -0.15) is 0 Å². The summed E-state index contributed by atoms with van der Waals surface area (Å²) in [5.41, 5.74) is 2.42. The molecule has 1 saturated heterocycles. The third-order valence-electron chi connectivity index (χ3n) is 4.64. The van der Waals surface area contributed by atoms with E-state index in [1.54, 1.807) is 18.2 Å². The number of nitrogens with zero attached hydrogens (tertiary/aromatic N) is 1. The molecule has 3 aromatic carbocycles. The first-order chi connectivity index (χ1) is 16.4. The molecule has 1 aliphatic rings. The number of carbonyl (C=O) groups excluding carboxylic acids is 1. The maximum atomic E-state index is 12.4. The summed E-state index contributed by atoms with van der Waals surface area (Å²) in [6, 6.07) is 18.8. The number of benzene rings is 3. The molecule has 0 bridgehead atoms. The lowest BCUT2D eigenvalue weighted by molar-refractivity contribution is -0.115. The summed E-state index contributed by atoms with van der Waals surface area (Å²) >= 11 is 16.4. The van der Waals surface area contributed by atoms with Gasteiger partial charge in [0.2, 0.25) is 0 Å². The first-order valence-corrected chi connectivity index (χ1v) is 12.9. The van der Waals surface area contributed by atoms with Crippen molar-refractivity contribution in [1.29, 1.82) is 0 Å². The number of ether oxygens (including phenoxy) is 2. The van der Waals surface area contributed by atoms with E-state index in [4.69, 9.17) is 32.7 Å². The van der Waals surface area contributed by atoms with Crippen LogP contribution in [-0.4, -0.2) is 17.7 Å². The van der Waals surface area contributed by atoms with Gasteiger partial charge in [0, 0.05) is 3.57 Å². The fourth-order valence-corrected chi connectivity index (χ4v) is 4.88. The van der Waals surface area contributed by atoms with Gasteiger partial charge in [-0.1, -0.05) is 35.3 Å². The molecule has 1 fully saturated rings. The largest absolute Gasteiger partial charge is 0.494 e. The van der Waals surface area contributed by atoms with Crippen LogP contribution < -0.4 is 14.8 Å². The topological polar surface area (TPSA) is 59.9 Å². The maximum Gasteiger partial charge on any atom is 0.264 e. The van der Waals surface area contributed by atoms with Crippen molar-refractivity contribution >= 4 is 80.4 Å². The highest BCUT2D eigenvalue weighted by Crippen LogP contribution is 2.37. The molecule has 1 aliphatic heterocycles. The summed E-state index contributed by atoms with van der Waals surface area (Å²) in [6.45, 7) is 2.88. The Kier molecular flexibility index (Phi) is 8.41. The number of nitrogens with one attached hydrogen (secondary N) is 1. The molecule has 5 nitrogen and oxygen atoms in total. The van der Waals surface area contributed by atoms with Gasteiger partial charge in [-0.25, -0.2) is 4.99 Å². The van der Waals surface area contributed by atoms with Gasteiger partial charge in [-0.15, -0.1) is 0 Å². The van der Waals surface area contributed by atoms with E-state index in [0.29, 0.717) is 50.3 Å². The van der Waals surface area contributed by atoms with Crippen LogP contribution >= 0.6 is 57.6 Å². The Morgan fingerprint density at radius 1 is 1.03 bits per heavy atom. The van der Waals surface area contributed by atoms with Crippen molar-refractivity contribution < 1.29 is 14.3 Å². The smallest absolute Gasteiger partial charge is 0.264 e. The lowest BCUT2D eigenvalue weighted by Gasteiger charge is -2.11. The van der Waals surface area contributed by atoms with Gasteiger partial charge in [-0.05, 0) is 107 Å². The van der Waals surface area contributed by atoms with Crippen LogP contribution in [0.1, 0.15) is 18.1 Å². The average molecular weight is 625 g/mol. The quantitative estimate of drug-likeness (QED) is 0.219. The van der Waals surface area contributed by atoms with Crippen molar-refractivity contribution in [2.45, 2.75) is 13.5 Å². The highest BCUT2D eigenvalue weighted by atomic mass is 127. The number of hydrogen-bond donors (Lipinski definition) is 1. The van der Waals surface area contributed by atoms with Gasteiger partial charge < -0.3 is 14.8 Å². The van der Waals surface area contributed by atoms with Crippen LogP contribution in [0.4, 0.5) is 5.69 Å². The number of rotatable bonds is 7. The molecule has 3 aromatic rings. The minimum Gasteiger partial charge on any atom is -0.494 e. The molecule has 34 heavy (non-hydrogen) atoms. The van der Waals surface area contributed by atoms with E-state index in [2.05, 4.69) is 32.9 Å². The fourth-order valence-electron chi connectivity index (χ4n) is 3.07. The Morgan fingerprint density at radius 2 is 1.71 bits per heavy atom. The molecule has 0 unspecified atom stereocenters. The molecule has 4 rings (SSSR count). The minimum atomic E-state index is -0.235. The van der Waals surface area contributed by atoms with Crippen molar-refractivity contribution in [3.8, 4) is 11.5 Å². The Morgan fingerprint density at radius 3 is 2.35 bits per heavy atom. The van der Waals surface area contributed by atoms with E-state index in [0.717, 1.165) is 14.9 Å². The highest BCUT2D eigenvalue weighted by molar-refractivity contribution is 14.1. The Bertz CT molecular complexity index is 1240. The summed E-state index contributed by atoms with van der Waals surface area (Å²) in [5, 5.41) is 4.02. The molecule has 0 radical (unpaired) electrons. The molecule has 1 amide bonds. The molecule has 1 heterocycles. The monoisotopic (exact) mass is 624 g/mol. The predicted molar refractivity (Wildman–Crippen MR) is 148 cm³/mol. The van der Waals surface area contributed by atoms with Crippen LogP contribution in [0.3, 0.4) is 0 Å². The normalized spacial score (nSPS) is 15.6. The number of carbonyl (C=O) groups is 1. The van der Waals surface area contributed by atoms with Crippen molar-refractivity contribution in [3.63, 3.8) is 0 Å². The van der Waals surface area contributed by atoms with Gasteiger partial charge in [0.05, 0.1) is 27.2 Å². The molecule has 0 aliphatic carbocycles. The number of thioether (sulfide) groups is 1. The molecular formula is C25H19Cl2IN2O3S. The van der Waals surface area contributed by atoms with Gasteiger partial charge in [0.25, 0.3) is 5.91 Å². The first-order valence-electron chi connectivity index (χ1n) is 10.3. The number of hydrogen-bond acceptors (Lipinski definition) is 5. The first kappa shape index (κ1) is 24.9. The van der Waals surface area contributed by atoms with Crippen LogP contribution in [0.25, 0.3) is 6.08 Å². The molecule has 174 valence electrons. The molecule has 0 saturated carbocycles. The van der Waals surface area contributed by atoms with Crippen molar-refractivity contribution in [2.75, 3.05) is 6.61 Å². The van der Waals surface area contributed by atoms with E-state index in [9.17, 15) is 4.79 Å². The van der Waals surface area contributed by atoms with Crippen molar-refractivity contribution in [1.82, 2.24) is 5.32 Å². The summed E-state index contributed by atoms with van der Waals surface area (Å²) in [6.07, 6.45) is 1.72. The van der Waals surface area contributed by atoms with E-state index >= 15 is 0 Å². The molecule has 0 aromatic heterocycles. The fraction of sp³-hybridized carbons (Fsp3) is 0.120. The number of halogens is 3. The second kappa shape index (κ2) is 11.5. The third kappa shape index (κ3) is 6.47. The van der Waals surface area contributed by atoms with Crippen molar-refractivity contribution in [2.24, 2.45) is 4.99 Å². The molecule has 0 spiro atoms. The Hall–Kier alpha value is -2.20. The van der Waals surface area contributed by atoms with E-state index < -0.39 is 0 Å². The maximum absolute atomic E-state index is 12.4. The van der Waals surface area contributed by atoms with Gasteiger partial charge in [-0.3, -0.25) is 4.79 Å². The van der Waals surface area contributed by atoms with Crippen LogP contribution in [0, 0.1) is 3.57 Å². The summed E-state index contributed by atoms with van der Waals surface area (Å²) < 4.78 is 12.4. The van der Waals surface area contributed by atoms with E-state index in [1.807, 2.05) is 55.5 Å². The number of amidine groups is 1. The predicted octanol–water partition coefficient (Wildman–Crippen LogP) is 7.47. The number of amides is 1. The SMILES string of the molecule is CCOc1ccc(N=C2NC(=O)/C(=C\c3cc(Cl)c(OCc4ccc(I)cc4)c(Cl)c3)S2)cc1. The molecule has 9 heteroatoms. The zero-order valence-corrected chi connectivity index (χ0v) is 22.5. The van der Waals surface area contributed by atoms with Crippen LogP contribution in [0.5, 0.6) is 11.5 Å².